The van der Waals surface area contributed by atoms with Crippen LogP contribution in [0.2, 0.25) is 0 Å². The quantitative estimate of drug-likeness (QED) is 0.852. The van der Waals surface area contributed by atoms with E-state index < -0.39 is 0 Å². The summed E-state index contributed by atoms with van der Waals surface area (Å²) in [5.74, 6) is 0. The molecule has 18 heavy (non-hydrogen) atoms. The zero-order valence-electron chi connectivity index (χ0n) is 11.6. The maximum Gasteiger partial charge on any atom is 0.0572 e. The minimum absolute atomic E-state index is 0. The van der Waals surface area contributed by atoms with Crippen molar-refractivity contribution in [3.05, 3.63) is 0 Å². The number of nitrogens with two attached hydrogens (primary N) is 1. The highest BCUT2D eigenvalue weighted by Gasteiger charge is 2.37. The van der Waals surface area contributed by atoms with Gasteiger partial charge in [-0.2, -0.15) is 0 Å². The fourth-order valence-corrected chi connectivity index (χ4v) is 3.20. The SMILES string of the molecule is CO[C@H]1CC[C@](C)(N2CCC(N)CC2)CC1.Cl.Cl. The summed E-state index contributed by atoms with van der Waals surface area (Å²) >= 11 is 0. The van der Waals surface area contributed by atoms with Gasteiger partial charge in [0.25, 0.3) is 0 Å². The molecule has 0 spiro atoms. The van der Waals surface area contributed by atoms with Gasteiger partial charge >= 0.3 is 0 Å². The van der Waals surface area contributed by atoms with Crippen LogP contribution in [0.4, 0.5) is 0 Å². The fourth-order valence-electron chi connectivity index (χ4n) is 3.20. The van der Waals surface area contributed by atoms with Crippen LogP contribution in [-0.2, 0) is 4.74 Å². The van der Waals surface area contributed by atoms with Gasteiger partial charge in [0.1, 0.15) is 0 Å². The molecule has 2 N–H and O–H groups in total. The summed E-state index contributed by atoms with van der Waals surface area (Å²) < 4.78 is 5.45. The van der Waals surface area contributed by atoms with E-state index >= 15 is 0 Å². The van der Waals surface area contributed by atoms with Crippen molar-refractivity contribution in [3.8, 4) is 0 Å². The van der Waals surface area contributed by atoms with Gasteiger partial charge < -0.3 is 10.5 Å². The lowest BCUT2D eigenvalue weighted by Gasteiger charge is -2.48. The van der Waals surface area contributed by atoms with Crippen molar-refractivity contribution >= 4 is 24.8 Å². The molecule has 1 saturated carbocycles. The number of piperidine rings is 1. The molecule has 0 atom stereocenters. The smallest absolute Gasteiger partial charge is 0.0572 e. The lowest BCUT2D eigenvalue weighted by molar-refractivity contribution is -0.0112. The normalized spacial score (nSPS) is 34.5. The number of hydrogen-bond donors (Lipinski definition) is 1. The monoisotopic (exact) mass is 298 g/mol. The molecular formula is C13H28Cl2N2O. The molecule has 5 heteroatoms. The van der Waals surface area contributed by atoms with Gasteiger partial charge in [0.15, 0.2) is 0 Å². The molecule has 2 fully saturated rings. The Morgan fingerprint density at radius 3 is 2.00 bits per heavy atom. The number of halogens is 2. The topological polar surface area (TPSA) is 38.5 Å². The van der Waals surface area contributed by atoms with Gasteiger partial charge in [-0.3, -0.25) is 4.90 Å². The third-order valence-electron chi connectivity index (χ3n) is 4.65. The molecule has 0 aromatic carbocycles. The molecule has 0 aromatic heterocycles. The Kier molecular flexibility index (Phi) is 8.11. The Morgan fingerprint density at radius 1 is 1.06 bits per heavy atom. The van der Waals surface area contributed by atoms with Gasteiger partial charge in [0, 0.05) is 31.8 Å². The highest BCUT2D eigenvalue weighted by atomic mass is 35.5. The summed E-state index contributed by atoms with van der Waals surface area (Å²) in [6, 6.07) is 0.440. The second kappa shape index (κ2) is 7.91. The van der Waals surface area contributed by atoms with Crippen LogP contribution in [0.25, 0.3) is 0 Å². The van der Waals surface area contributed by atoms with Crippen molar-refractivity contribution < 1.29 is 4.74 Å². The van der Waals surface area contributed by atoms with Crippen molar-refractivity contribution in [2.24, 2.45) is 5.73 Å². The number of likely N-dealkylation sites (tertiary alicyclic amines) is 1. The Balaban J connectivity index is 0.00000144. The number of hydrogen-bond acceptors (Lipinski definition) is 3. The molecular weight excluding hydrogens is 271 g/mol. The molecule has 0 unspecified atom stereocenters. The van der Waals surface area contributed by atoms with Crippen LogP contribution in [0, 0.1) is 0 Å². The van der Waals surface area contributed by atoms with Crippen LogP contribution in [-0.4, -0.2) is 42.8 Å². The van der Waals surface area contributed by atoms with E-state index in [1.165, 1.54) is 51.6 Å². The summed E-state index contributed by atoms with van der Waals surface area (Å²) in [5, 5.41) is 0. The summed E-state index contributed by atoms with van der Waals surface area (Å²) in [6.07, 6.45) is 7.83. The first-order valence-corrected chi connectivity index (χ1v) is 6.67. The molecule has 0 amide bonds. The third-order valence-corrected chi connectivity index (χ3v) is 4.65. The van der Waals surface area contributed by atoms with E-state index in [0.29, 0.717) is 17.7 Å². The van der Waals surface area contributed by atoms with E-state index in [-0.39, 0.29) is 24.8 Å². The van der Waals surface area contributed by atoms with Gasteiger partial charge in [-0.25, -0.2) is 0 Å². The van der Waals surface area contributed by atoms with Crippen LogP contribution in [0.3, 0.4) is 0 Å². The van der Waals surface area contributed by atoms with Crippen LogP contribution >= 0.6 is 24.8 Å². The Morgan fingerprint density at radius 2 is 1.56 bits per heavy atom. The van der Waals surface area contributed by atoms with E-state index in [1.807, 2.05) is 7.11 Å². The van der Waals surface area contributed by atoms with E-state index in [2.05, 4.69) is 11.8 Å². The molecule has 3 nitrogen and oxygen atoms in total. The van der Waals surface area contributed by atoms with Gasteiger partial charge in [0.2, 0.25) is 0 Å². The highest BCUT2D eigenvalue weighted by molar-refractivity contribution is 5.85. The van der Waals surface area contributed by atoms with Crippen LogP contribution in [0.1, 0.15) is 45.4 Å². The van der Waals surface area contributed by atoms with Gasteiger partial charge in [0.05, 0.1) is 6.10 Å². The largest absolute Gasteiger partial charge is 0.381 e. The lowest BCUT2D eigenvalue weighted by Crippen LogP contribution is -2.54. The minimum atomic E-state index is 0. The Hall–Kier alpha value is 0.460. The van der Waals surface area contributed by atoms with E-state index in [9.17, 15) is 0 Å². The summed E-state index contributed by atoms with van der Waals surface area (Å²) in [4.78, 5) is 2.67. The van der Waals surface area contributed by atoms with E-state index in [1.54, 1.807) is 0 Å². The van der Waals surface area contributed by atoms with Crippen molar-refractivity contribution in [3.63, 3.8) is 0 Å². The van der Waals surface area contributed by atoms with Crippen LogP contribution in [0.15, 0.2) is 0 Å². The molecule has 1 heterocycles. The molecule has 110 valence electrons. The predicted octanol–water partition coefficient (Wildman–Crippen LogP) is 2.60. The molecule has 1 saturated heterocycles. The molecule has 1 aliphatic heterocycles. The first-order chi connectivity index (χ1) is 7.64. The first kappa shape index (κ1) is 18.5. The third kappa shape index (κ3) is 4.24. The molecule has 0 bridgehead atoms. The standard InChI is InChI=1S/C13H26N2O.2ClH/c1-13(7-3-12(16-2)4-8-13)15-9-5-11(14)6-10-15;;/h11-12H,3-10,14H2,1-2H3;2*1H/t12-,13-;;. The summed E-state index contributed by atoms with van der Waals surface area (Å²) in [6.45, 7) is 4.81. The van der Waals surface area contributed by atoms with E-state index in [4.69, 9.17) is 10.5 Å². The number of nitrogens with zero attached hydrogens (tertiary/aromatic N) is 1. The summed E-state index contributed by atoms with van der Waals surface area (Å²) in [7, 11) is 1.84. The molecule has 1 aliphatic carbocycles. The average molecular weight is 299 g/mol. The molecule has 2 aliphatic rings. The second-order valence-electron chi connectivity index (χ2n) is 5.76. The Labute approximate surface area is 124 Å². The van der Waals surface area contributed by atoms with Gasteiger partial charge in [-0.1, -0.05) is 0 Å². The predicted molar refractivity (Wildman–Crippen MR) is 80.9 cm³/mol. The molecule has 0 radical (unpaired) electrons. The highest BCUT2D eigenvalue weighted by Crippen LogP contribution is 2.35. The zero-order valence-corrected chi connectivity index (χ0v) is 13.2. The number of rotatable bonds is 2. The van der Waals surface area contributed by atoms with Gasteiger partial charge in [-0.05, 0) is 45.4 Å². The van der Waals surface area contributed by atoms with Crippen LogP contribution in [0.5, 0.6) is 0 Å². The van der Waals surface area contributed by atoms with Gasteiger partial charge in [-0.15, -0.1) is 24.8 Å². The second-order valence-corrected chi connectivity index (χ2v) is 5.76. The van der Waals surface area contributed by atoms with Crippen molar-refractivity contribution in [2.75, 3.05) is 20.2 Å². The average Bonchev–Trinajstić information content (AvgIpc) is 2.31. The van der Waals surface area contributed by atoms with Crippen molar-refractivity contribution in [2.45, 2.75) is 63.1 Å². The Bertz CT molecular complexity index is 225. The van der Waals surface area contributed by atoms with E-state index in [0.717, 1.165) is 0 Å². The van der Waals surface area contributed by atoms with Crippen molar-refractivity contribution in [1.82, 2.24) is 4.90 Å². The number of ether oxygens (including phenoxy) is 1. The maximum atomic E-state index is 5.97. The number of methoxy groups -OCH3 is 1. The molecule has 0 aromatic rings. The zero-order chi connectivity index (χ0) is 11.6. The maximum absolute atomic E-state index is 5.97. The molecule has 2 rings (SSSR count). The summed E-state index contributed by atoms with van der Waals surface area (Å²) in [5.41, 5.74) is 6.38. The minimum Gasteiger partial charge on any atom is -0.381 e. The lowest BCUT2D eigenvalue weighted by atomic mass is 9.79. The fraction of sp³-hybridized carbons (Fsp3) is 1.00. The van der Waals surface area contributed by atoms with Crippen molar-refractivity contribution in [1.29, 1.82) is 0 Å². The first-order valence-electron chi connectivity index (χ1n) is 6.67. The van der Waals surface area contributed by atoms with Crippen LogP contribution < -0.4 is 5.73 Å².